The van der Waals surface area contributed by atoms with Gasteiger partial charge in [0, 0.05) is 35.1 Å². The first kappa shape index (κ1) is 20.0. The first-order valence-corrected chi connectivity index (χ1v) is 10.4. The lowest BCUT2D eigenvalue weighted by Crippen LogP contribution is -2.29. The second kappa shape index (κ2) is 8.19. The van der Waals surface area contributed by atoms with Gasteiger partial charge < -0.3 is 10.3 Å². The fourth-order valence-corrected chi connectivity index (χ4v) is 3.89. The number of hydrogen-bond acceptors (Lipinski definition) is 1. The molecule has 0 bridgehead atoms. The normalized spacial score (nSPS) is 12.6. The second-order valence-corrected chi connectivity index (χ2v) is 8.79. The molecular weight excluding hydrogens is 368 g/mol. The van der Waals surface area contributed by atoms with Gasteiger partial charge in [-0.25, -0.2) is 0 Å². The molecular formula is C27H28N2O. The zero-order valence-corrected chi connectivity index (χ0v) is 17.8. The van der Waals surface area contributed by atoms with Crippen molar-refractivity contribution in [2.45, 2.75) is 32.1 Å². The molecule has 0 aliphatic rings. The van der Waals surface area contributed by atoms with Crippen LogP contribution in [0.15, 0.2) is 85.1 Å². The molecule has 0 saturated heterocycles. The molecule has 3 nitrogen and oxygen atoms in total. The van der Waals surface area contributed by atoms with Crippen LogP contribution in [0.4, 0.5) is 0 Å². The van der Waals surface area contributed by atoms with E-state index in [1.165, 1.54) is 22.1 Å². The van der Waals surface area contributed by atoms with Gasteiger partial charge >= 0.3 is 0 Å². The van der Waals surface area contributed by atoms with E-state index in [-0.39, 0.29) is 17.2 Å². The van der Waals surface area contributed by atoms with Crippen molar-refractivity contribution in [2.24, 2.45) is 0 Å². The highest BCUT2D eigenvalue weighted by Gasteiger charge is 2.20. The Hall–Kier alpha value is -3.33. The molecule has 1 atom stereocenters. The molecule has 1 amide bonds. The number of carbonyl (C=O) groups is 1. The number of amides is 1. The summed E-state index contributed by atoms with van der Waals surface area (Å²) in [5, 5.41) is 4.35. The number of nitrogens with one attached hydrogen (secondary N) is 2. The van der Waals surface area contributed by atoms with Crippen LogP contribution in [0, 0.1) is 0 Å². The van der Waals surface area contributed by atoms with E-state index in [1.807, 2.05) is 48.5 Å². The number of para-hydroxylation sites is 1. The van der Waals surface area contributed by atoms with E-state index in [0.29, 0.717) is 12.1 Å². The Morgan fingerprint density at radius 2 is 1.57 bits per heavy atom. The fraction of sp³-hybridized carbons (Fsp3) is 0.222. The van der Waals surface area contributed by atoms with Gasteiger partial charge in [0.15, 0.2) is 0 Å². The quantitative estimate of drug-likeness (QED) is 0.425. The van der Waals surface area contributed by atoms with Crippen molar-refractivity contribution in [3.63, 3.8) is 0 Å². The molecule has 0 aliphatic carbocycles. The lowest BCUT2D eigenvalue weighted by atomic mass is 9.86. The minimum absolute atomic E-state index is 0.0452. The maximum atomic E-state index is 12.9. The van der Waals surface area contributed by atoms with Gasteiger partial charge in [-0.2, -0.15) is 0 Å². The summed E-state index contributed by atoms with van der Waals surface area (Å²) in [5.74, 6) is 0.0244. The third kappa shape index (κ3) is 4.16. The summed E-state index contributed by atoms with van der Waals surface area (Å²) < 4.78 is 0. The number of carbonyl (C=O) groups excluding carboxylic acids is 1. The SMILES string of the molecule is CC(C)(C)c1ccc(C(=O)NC[C@H](c2ccccc2)c2c[nH]c3ccccc23)cc1. The van der Waals surface area contributed by atoms with Crippen molar-refractivity contribution in [3.05, 3.63) is 107 Å². The predicted molar refractivity (Wildman–Crippen MR) is 124 cm³/mol. The Balaban J connectivity index is 1.58. The summed E-state index contributed by atoms with van der Waals surface area (Å²) >= 11 is 0. The molecule has 30 heavy (non-hydrogen) atoms. The highest BCUT2D eigenvalue weighted by Crippen LogP contribution is 2.30. The average molecular weight is 397 g/mol. The summed E-state index contributed by atoms with van der Waals surface area (Å²) in [4.78, 5) is 16.2. The molecule has 0 aliphatic heterocycles. The van der Waals surface area contributed by atoms with E-state index in [1.54, 1.807) is 0 Å². The van der Waals surface area contributed by atoms with Crippen molar-refractivity contribution in [2.75, 3.05) is 6.54 Å². The predicted octanol–water partition coefficient (Wildman–Crippen LogP) is 6.03. The van der Waals surface area contributed by atoms with Crippen LogP contribution in [-0.4, -0.2) is 17.4 Å². The average Bonchev–Trinajstić information content (AvgIpc) is 3.18. The minimum atomic E-state index is -0.0452. The Labute approximate surface area is 178 Å². The van der Waals surface area contributed by atoms with Crippen LogP contribution in [0.25, 0.3) is 10.9 Å². The van der Waals surface area contributed by atoms with Crippen molar-refractivity contribution < 1.29 is 4.79 Å². The lowest BCUT2D eigenvalue weighted by Gasteiger charge is -2.20. The Bertz CT molecular complexity index is 1130. The maximum Gasteiger partial charge on any atom is 0.251 e. The summed E-state index contributed by atoms with van der Waals surface area (Å²) in [6, 6.07) is 26.6. The standard InChI is InChI=1S/C27H28N2O/c1-27(2,3)21-15-13-20(14-16-21)26(30)29-17-23(19-9-5-4-6-10-19)24-18-28-25-12-8-7-11-22(24)25/h4-16,18,23,28H,17H2,1-3H3,(H,29,30)/t23-/m1/s1. The Kier molecular flexibility index (Phi) is 5.45. The third-order valence-corrected chi connectivity index (χ3v) is 5.68. The van der Waals surface area contributed by atoms with Gasteiger partial charge in [-0.1, -0.05) is 81.4 Å². The molecule has 0 spiro atoms. The Morgan fingerprint density at radius 3 is 2.27 bits per heavy atom. The molecule has 3 heteroatoms. The van der Waals surface area contributed by atoms with Crippen LogP contribution in [0.1, 0.15) is 53.7 Å². The second-order valence-electron chi connectivity index (χ2n) is 8.79. The zero-order chi connectivity index (χ0) is 21.1. The number of benzene rings is 3. The Morgan fingerprint density at radius 1 is 0.900 bits per heavy atom. The van der Waals surface area contributed by atoms with E-state index < -0.39 is 0 Å². The fourth-order valence-electron chi connectivity index (χ4n) is 3.89. The molecule has 0 unspecified atom stereocenters. The zero-order valence-electron chi connectivity index (χ0n) is 17.8. The smallest absolute Gasteiger partial charge is 0.251 e. The van der Waals surface area contributed by atoms with Crippen molar-refractivity contribution in [1.82, 2.24) is 10.3 Å². The van der Waals surface area contributed by atoms with Crippen LogP contribution < -0.4 is 5.32 Å². The topological polar surface area (TPSA) is 44.9 Å². The van der Waals surface area contributed by atoms with Gasteiger partial charge in [0.2, 0.25) is 0 Å². The summed E-state index contributed by atoms with van der Waals surface area (Å²) in [7, 11) is 0. The molecule has 0 saturated carbocycles. The maximum absolute atomic E-state index is 12.9. The lowest BCUT2D eigenvalue weighted by molar-refractivity contribution is 0.0952. The van der Waals surface area contributed by atoms with Crippen LogP contribution in [0.3, 0.4) is 0 Å². The van der Waals surface area contributed by atoms with E-state index in [9.17, 15) is 4.79 Å². The number of fused-ring (bicyclic) bond motifs is 1. The monoisotopic (exact) mass is 396 g/mol. The minimum Gasteiger partial charge on any atom is -0.361 e. The number of aromatic amines is 1. The largest absolute Gasteiger partial charge is 0.361 e. The molecule has 3 aromatic carbocycles. The van der Waals surface area contributed by atoms with Gasteiger partial charge in [0.05, 0.1) is 0 Å². The van der Waals surface area contributed by atoms with E-state index in [2.05, 4.69) is 67.6 Å². The third-order valence-electron chi connectivity index (χ3n) is 5.68. The summed E-state index contributed by atoms with van der Waals surface area (Å²) in [6.45, 7) is 7.06. The van der Waals surface area contributed by atoms with E-state index >= 15 is 0 Å². The van der Waals surface area contributed by atoms with Crippen LogP contribution >= 0.6 is 0 Å². The van der Waals surface area contributed by atoms with Gasteiger partial charge in [-0.05, 0) is 40.3 Å². The summed E-state index contributed by atoms with van der Waals surface area (Å²) in [6.07, 6.45) is 2.06. The van der Waals surface area contributed by atoms with Crippen LogP contribution in [0.2, 0.25) is 0 Å². The van der Waals surface area contributed by atoms with Gasteiger partial charge in [0.25, 0.3) is 5.91 Å². The van der Waals surface area contributed by atoms with Crippen LogP contribution in [-0.2, 0) is 5.41 Å². The van der Waals surface area contributed by atoms with Gasteiger partial charge in [-0.3, -0.25) is 4.79 Å². The van der Waals surface area contributed by atoms with Gasteiger partial charge in [-0.15, -0.1) is 0 Å². The number of H-pyrrole nitrogens is 1. The highest BCUT2D eigenvalue weighted by molar-refractivity contribution is 5.94. The molecule has 4 rings (SSSR count). The first-order valence-electron chi connectivity index (χ1n) is 10.4. The molecule has 0 radical (unpaired) electrons. The van der Waals surface area contributed by atoms with Crippen molar-refractivity contribution >= 4 is 16.8 Å². The molecule has 2 N–H and O–H groups in total. The first-order chi connectivity index (χ1) is 14.4. The number of aromatic nitrogens is 1. The van der Waals surface area contributed by atoms with Crippen molar-refractivity contribution in [1.29, 1.82) is 0 Å². The molecule has 0 fully saturated rings. The van der Waals surface area contributed by atoms with Crippen LogP contribution in [0.5, 0.6) is 0 Å². The van der Waals surface area contributed by atoms with Gasteiger partial charge in [0.1, 0.15) is 0 Å². The van der Waals surface area contributed by atoms with E-state index in [0.717, 1.165) is 5.52 Å². The molecule has 1 aromatic heterocycles. The molecule has 152 valence electrons. The summed E-state index contributed by atoms with van der Waals surface area (Å²) in [5.41, 5.74) is 5.47. The highest BCUT2D eigenvalue weighted by atomic mass is 16.1. The molecule has 1 heterocycles. The van der Waals surface area contributed by atoms with E-state index in [4.69, 9.17) is 0 Å². The number of rotatable bonds is 5. The number of hydrogen-bond donors (Lipinski definition) is 2. The molecule has 4 aromatic rings. The van der Waals surface area contributed by atoms with Crippen molar-refractivity contribution in [3.8, 4) is 0 Å².